The maximum Gasteiger partial charge on any atom is 0.251 e. The lowest BCUT2D eigenvalue weighted by molar-refractivity contribution is 0.0963. The van der Waals surface area contributed by atoms with E-state index >= 15 is 0 Å². The van der Waals surface area contributed by atoms with E-state index < -0.39 is 0 Å². The molecule has 4 heteroatoms. The summed E-state index contributed by atoms with van der Waals surface area (Å²) in [5, 5.41) is 2.66. The molecule has 3 N–H and O–H groups in total. The van der Waals surface area contributed by atoms with Gasteiger partial charge in [-0.25, -0.2) is 0 Å². The molecule has 1 fully saturated rings. The van der Waals surface area contributed by atoms with Crippen LogP contribution >= 0.6 is 0 Å². The van der Waals surface area contributed by atoms with E-state index in [1.165, 1.54) is 25.7 Å². The molecule has 1 aliphatic heterocycles. The Morgan fingerprint density at radius 2 is 2.16 bits per heavy atom. The largest absolute Gasteiger partial charge is 0.397 e. The van der Waals surface area contributed by atoms with Gasteiger partial charge in [0.1, 0.15) is 0 Å². The van der Waals surface area contributed by atoms with Crippen molar-refractivity contribution in [1.82, 2.24) is 5.32 Å². The van der Waals surface area contributed by atoms with E-state index in [9.17, 15) is 4.79 Å². The van der Waals surface area contributed by atoms with Gasteiger partial charge in [-0.1, -0.05) is 12.8 Å². The Bertz CT molecular complexity index is 459. The van der Waals surface area contributed by atoms with Crippen molar-refractivity contribution in [2.75, 3.05) is 24.2 Å². The van der Waals surface area contributed by atoms with Crippen LogP contribution in [0.15, 0.2) is 18.2 Å². The summed E-state index contributed by atoms with van der Waals surface area (Å²) in [5.41, 5.74) is 8.52. The van der Waals surface area contributed by atoms with Gasteiger partial charge in [-0.05, 0) is 38.0 Å². The van der Waals surface area contributed by atoms with Gasteiger partial charge >= 0.3 is 0 Å². The van der Waals surface area contributed by atoms with Gasteiger partial charge < -0.3 is 16.0 Å². The SMILES string of the molecule is CNC(=O)c1ccc(N)c(N2CCCCCC2C)c1. The fraction of sp³-hybridized carbons (Fsp3) is 0.533. The maximum absolute atomic E-state index is 11.7. The van der Waals surface area contributed by atoms with E-state index in [1.807, 2.05) is 12.1 Å². The molecule has 0 spiro atoms. The summed E-state index contributed by atoms with van der Waals surface area (Å²) in [4.78, 5) is 14.1. The Balaban J connectivity index is 2.33. The highest BCUT2D eigenvalue weighted by Crippen LogP contribution is 2.30. The second-order valence-corrected chi connectivity index (χ2v) is 5.24. The van der Waals surface area contributed by atoms with Crippen molar-refractivity contribution >= 4 is 17.3 Å². The van der Waals surface area contributed by atoms with Gasteiger partial charge in [0.25, 0.3) is 5.91 Å². The molecule has 2 rings (SSSR count). The van der Waals surface area contributed by atoms with Crippen LogP contribution in [0.1, 0.15) is 43.0 Å². The summed E-state index contributed by atoms with van der Waals surface area (Å²) in [6.45, 7) is 3.25. The Morgan fingerprint density at radius 1 is 1.37 bits per heavy atom. The molecule has 1 aliphatic rings. The molecule has 1 aromatic rings. The van der Waals surface area contributed by atoms with Crippen molar-refractivity contribution in [3.8, 4) is 0 Å². The highest BCUT2D eigenvalue weighted by atomic mass is 16.1. The van der Waals surface area contributed by atoms with E-state index in [0.717, 1.165) is 17.9 Å². The fourth-order valence-electron chi connectivity index (χ4n) is 2.71. The van der Waals surface area contributed by atoms with Crippen LogP contribution in [0.2, 0.25) is 0 Å². The number of carbonyl (C=O) groups excluding carboxylic acids is 1. The lowest BCUT2D eigenvalue weighted by atomic mass is 10.1. The molecule has 0 saturated carbocycles. The number of nitrogens with one attached hydrogen (secondary N) is 1. The van der Waals surface area contributed by atoms with Crippen LogP contribution in [0.25, 0.3) is 0 Å². The molecule has 104 valence electrons. The predicted octanol–water partition coefficient (Wildman–Crippen LogP) is 2.40. The average molecular weight is 261 g/mol. The van der Waals surface area contributed by atoms with Gasteiger partial charge in [0.2, 0.25) is 0 Å². The normalized spacial score (nSPS) is 19.9. The first-order chi connectivity index (χ1) is 9.13. The third-order valence-electron chi connectivity index (χ3n) is 3.88. The van der Waals surface area contributed by atoms with Crippen molar-refractivity contribution in [2.24, 2.45) is 0 Å². The van der Waals surface area contributed by atoms with Gasteiger partial charge in [-0.15, -0.1) is 0 Å². The lowest BCUT2D eigenvalue weighted by Crippen LogP contribution is -2.33. The number of nitrogens with two attached hydrogens (primary N) is 1. The lowest BCUT2D eigenvalue weighted by Gasteiger charge is -2.30. The quantitative estimate of drug-likeness (QED) is 0.804. The van der Waals surface area contributed by atoms with Gasteiger partial charge in [-0.2, -0.15) is 0 Å². The van der Waals surface area contributed by atoms with Crippen LogP contribution < -0.4 is 16.0 Å². The fourth-order valence-corrected chi connectivity index (χ4v) is 2.71. The van der Waals surface area contributed by atoms with E-state index in [0.29, 0.717) is 11.6 Å². The molecule has 4 nitrogen and oxygen atoms in total. The molecule has 0 radical (unpaired) electrons. The predicted molar refractivity (Wildman–Crippen MR) is 79.5 cm³/mol. The summed E-state index contributed by atoms with van der Waals surface area (Å²) in [6, 6.07) is 6.00. The number of rotatable bonds is 2. The monoisotopic (exact) mass is 261 g/mol. The van der Waals surface area contributed by atoms with Crippen LogP contribution in [-0.2, 0) is 0 Å². The average Bonchev–Trinajstić information content (AvgIpc) is 2.63. The van der Waals surface area contributed by atoms with E-state index in [2.05, 4.69) is 17.1 Å². The van der Waals surface area contributed by atoms with E-state index in [-0.39, 0.29) is 5.91 Å². The van der Waals surface area contributed by atoms with Crippen LogP contribution in [0.3, 0.4) is 0 Å². The Hall–Kier alpha value is -1.71. The number of hydrogen-bond donors (Lipinski definition) is 2. The van der Waals surface area contributed by atoms with Gasteiger partial charge in [0.15, 0.2) is 0 Å². The Morgan fingerprint density at radius 3 is 2.89 bits per heavy atom. The zero-order chi connectivity index (χ0) is 13.8. The molecule has 19 heavy (non-hydrogen) atoms. The molecule has 1 saturated heterocycles. The molecule has 0 aromatic heterocycles. The van der Waals surface area contributed by atoms with E-state index in [4.69, 9.17) is 5.73 Å². The van der Waals surface area contributed by atoms with Crippen molar-refractivity contribution in [1.29, 1.82) is 0 Å². The Labute approximate surface area is 115 Å². The molecule has 0 bridgehead atoms. The number of anilines is 2. The third-order valence-corrected chi connectivity index (χ3v) is 3.88. The molecule has 1 amide bonds. The molecule has 1 atom stereocenters. The number of carbonyl (C=O) groups is 1. The first-order valence-electron chi connectivity index (χ1n) is 7.01. The number of amides is 1. The summed E-state index contributed by atoms with van der Waals surface area (Å²) in [7, 11) is 1.65. The standard InChI is InChI=1S/C15H23N3O/c1-11-6-4-3-5-9-18(11)14-10-12(15(19)17-2)7-8-13(14)16/h7-8,10-11H,3-6,9,16H2,1-2H3,(H,17,19). The molecule has 1 unspecified atom stereocenters. The third kappa shape index (κ3) is 3.00. The zero-order valence-electron chi connectivity index (χ0n) is 11.8. The highest BCUT2D eigenvalue weighted by Gasteiger charge is 2.20. The number of nitrogen functional groups attached to an aromatic ring is 1. The topological polar surface area (TPSA) is 58.4 Å². The summed E-state index contributed by atoms with van der Waals surface area (Å²) >= 11 is 0. The van der Waals surface area contributed by atoms with Crippen molar-refractivity contribution < 1.29 is 4.79 Å². The second-order valence-electron chi connectivity index (χ2n) is 5.24. The smallest absolute Gasteiger partial charge is 0.251 e. The van der Waals surface area contributed by atoms with Gasteiger partial charge in [-0.3, -0.25) is 4.79 Å². The van der Waals surface area contributed by atoms with Crippen molar-refractivity contribution in [3.63, 3.8) is 0 Å². The van der Waals surface area contributed by atoms with Crippen LogP contribution in [0, 0.1) is 0 Å². The molecule has 1 heterocycles. The van der Waals surface area contributed by atoms with E-state index in [1.54, 1.807) is 13.1 Å². The second kappa shape index (κ2) is 5.95. The first-order valence-corrected chi connectivity index (χ1v) is 7.01. The zero-order valence-corrected chi connectivity index (χ0v) is 11.8. The van der Waals surface area contributed by atoms with Crippen molar-refractivity contribution in [3.05, 3.63) is 23.8 Å². The first kappa shape index (κ1) is 13.7. The van der Waals surface area contributed by atoms with Crippen LogP contribution in [0.5, 0.6) is 0 Å². The number of nitrogens with zero attached hydrogens (tertiary/aromatic N) is 1. The molecule has 0 aliphatic carbocycles. The molecular formula is C15H23N3O. The minimum absolute atomic E-state index is 0.0660. The highest BCUT2D eigenvalue weighted by molar-refractivity contribution is 5.96. The van der Waals surface area contributed by atoms with Crippen molar-refractivity contribution in [2.45, 2.75) is 38.6 Å². The van der Waals surface area contributed by atoms with Gasteiger partial charge in [0.05, 0.1) is 11.4 Å². The van der Waals surface area contributed by atoms with Crippen LogP contribution in [-0.4, -0.2) is 25.5 Å². The Kier molecular flexibility index (Phi) is 4.30. The minimum atomic E-state index is -0.0660. The number of benzene rings is 1. The number of hydrogen-bond acceptors (Lipinski definition) is 3. The molecule has 1 aromatic carbocycles. The summed E-state index contributed by atoms with van der Waals surface area (Å²) in [6.07, 6.45) is 4.92. The molecular weight excluding hydrogens is 238 g/mol. The van der Waals surface area contributed by atoms with Gasteiger partial charge in [0, 0.05) is 25.2 Å². The summed E-state index contributed by atoms with van der Waals surface area (Å²) in [5.74, 6) is -0.0660. The maximum atomic E-state index is 11.7. The summed E-state index contributed by atoms with van der Waals surface area (Å²) < 4.78 is 0. The minimum Gasteiger partial charge on any atom is -0.397 e. The van der Waals surface area contributed by atoms with Crippen LogP contribution in [0.4, 0.5) is 11.4 Å².